The molecule has 3 aromatic rings. The SMILES string of the molecule is COCCC(C)(C)OCCC(C)(C)OCCOCc1cc(OC)c(-c2ccc(CCNC(=O)I=CC3CCCN3S(=O)(=O)c3cc(Cl)cc(Cl)c3)cc2)c(OC)c1. The van der Waals surface area contributed by atoms with Gasteiger partial charge in [0.15, 0.2) is 0 Å². The highest BCUT2D eigenvalue weighted by atomic mass is 127. The molecular formula is C42H57Cl2IN2O9S. The number of ether oxygens (including phenoxy) is 6. The van der Waals surface area contributed by atoms with E-state index in [-0.39, 0.29) is 36.1 Å². The second-order valence-corrected chi connectivity index (χ2v) is 20.0. The first-order chi connectivity index (χ1) is 27.1. The number of nitrogens with zero attached hydrogens (tertiary/aromatic N) is 1. The molecule has 57 heavy (non-hydrogen) atoms. The Labute approximate surface area is 358 Å². The lowest BCUT2D eigenvalue weighted by Crippen LogP contribution is -2.36. The van der Waals surface area contributed by atoms with Crippen LogP contribution in [0.15, 0.2) is 59.5 Å². The smallest absolute Gasteiger partial charge is 0.274 e. The van der Waals surface area contributed by atoms with E-state index in [0.29, 0.717) is 76.9 Å². The van der Waals surface area contributed by atoms with Gasteiger partial charge >= 0.3 is 0 Å². The number of carbonyl (C=O) groups excluding carboxylic acids is 1. The molecule has 15 heteroatoms. The number of halogens is 3. The van der Waals surface area contributed by atoms with Crippen molar-refractivity contribution in [2.45, 2.75) is 88.5 Å². The lowest BCUT2D eigenvalue weighted by atomic mass is 9.99. The summed E-state index contributed by atoms with van der Waals surface area (Å²) in [7, 11) is 1.17. The molecule has 0 bridgehead atoms. The highest BCUT2D eigenvalue weighted by molar-refractivity contribution is 14.2. The van der Waals surface area contributed by atoms with Crippen LogP contribution in [0.1, 0.15) is 64.5 Å². The van der Waals surface area contributed by atoms with Gasteiger partial charge in [-0.25, -0.2) is 8.42 Å². The molecule has 316 valence electrons. The number of benzene rings is 3. The number of amides is 1. The van der Waals surface area contributed by atoms with Gasteiger partial charge in [-0.05, 0) is 132 Å². The van der Waals surface area contributed by atoms with Crippen LogP contribution in [0.4, 0.5) is 4.79 Å². The standard InChI is InChI=1S/C42H57Cl2IN2O9S/c1-41(2,15-19-51-5)55-20-16-42(3,4)56-22-21-54-29-31-23-37(52-6)39(38(24-31)53-7)32-12-10-30(11-13-32)14-17-46-40(48)45-28-35-9-8-18-47(35)57(49,50)36-26-33(43)25-34(44)27-36/h10-13,23-28,35H,8-9,14-22,29H2,1-7H3,(H,46,48). The summed E-state index contributed by atoms with van der Waals surface area (Å²) in [4.78, 5) is 12.8. The zero-order valence-electron chi connectivity index (χ0n) is 34.0. The molecule has 0 aliphatic carbocycles. The maximum absolute atomic E-state index is 13.3. The van der Waals surface area contributed by atoms with E-state index < -0.39 is 30.8 Å². The van der Waals surface area contributed by atoms with Gasteiger partial charge in [-0.15, -0.1) is 0 Å². The minimum Gasteiger partial charge on any atom is -0.496 e. The Morgan fingerprint density at radius 3 is 2.09 bits per heavy atom. The van der Waals surface area contributed by atoms with Crippen molar-refractivity contribution in [1.82, 2.24) is 9.62 Å². The zero-order chi connectivity index (χ0) is 41.6. The Balaban J connectivity index is 1.25. The molecule has 1 heterocycles. The Morgan fingerprint density at radius 1 is 0.860 bits per heavy atom. The average Bonchev–Trinajstić information content (AvgIpc) is 3.65. The molecule has 1 fully saturated rings. The van der Waals surface area contributed by atoms with Crippen molar-refractivity contribution in [3.05, 3.63) is 75.8 Å². The minimum atomic E-state index is -3.80. The number of carbonyl (C=O) groups is 1. The lowest BCUT2D eigenvalue weighted by molar-refractivity contribution is -0.0888. The van der Waals surface area contributed by atoms with Gasteiger partial charge in [-0.3, -0.25) is 4.79 Å². The number of sulfonamides is 1. The number of nitrogens with one attached hydrogen (secondary N) is 1. The summed E-state index contributed by atoms with van der Waals surface area (Å²) in [5.41, 5.74) is 3.15. The van der Waals surface area contributed by atoms with Crippen LogP contribution in [0.3, 0.4) is 0 Å². The molecule has 4 rings (SSSR count). The van der Waals surface area contributed by atoms with E-state index in [1.807, 2.05) is 40.4 Å². The number of hydrogen-bond acceptors (Lipinski definition) is 9. The molecule has 0 aromatic heterocycles. The van der Waals surface area contributed by atoms with Crippen LogP contribution in [-0.4, -0.2) is 98.7 Å². The topological polar surface area (TPSA) is 122 Å². The van der Waals surface area contributed by atoms with Crippen molar-refractivity contribution in [3.63, 3.8) is 0 Å². The predicted octanol–water partition coefficient (Wildman–Crippen LogP) is 9.09. The van der Waals surface area contributed by atoms with E-state index in [1.54, 1.807) is 21.3 Å². The number of methoxy groups -OCH3 is 3. The first kappa shape index (κ1) is 47.3. The van der Waals surface area contributed by atoms with Crippen molar-refractivity contribution in [2.24, 2.45) is 0 Å². The molecule has 1 atom stereocenters. The van der Waals surface area contributed by atoms with Crippen LogP contribution >= 0.6 is 43.9 Å². The molecule has 1 unspecified atom stereocenters. The Kier molecular flexibility index (Phi) is 18.5. The molecule has 3 aromatic carbocycles. The maximum atomic E-state index is 13.3. The van der Waals surface area contributed by atoms with E-state index in [2.05, 4.69) is 33.0 Å². The van der Waals surface area contributed by atoms with Gasteiger partial charge in [0.2, 0.25) is 10.0 Å². The summed E-state index contributed by atoms with van der Waals surface area (Å²) in [6.07, 6.45) is 3.62. The zero-order valence-corrected chi connectivity index (χ0v) is 38.5. The number of hydrogen-bond donors (Lipinski definition) is 1. The molecule has 1 saturated heterocycles. The quantitative estimate of drug-likeness (QED) is 0.0430. The predicted molar refractivity (Wildman–Crippen MR) is 236 cm³/mol. The van der Waals surface area contributed by atoms with E-state index >= 15 is 0 Å². The summed E-state index contributed by atoms with van der Waals surface area (Å²) in [6.45, 7) is 11.6. The summed E-state index contributed by atoms with van der Waals surface area (Å²) in [5, 5.41) is 3.52. The van der Waals surface area contributed by atoms with Gasteiger partial charge in [0.25, 0.3) is 3.91 Å². The normalized spacial score (nSPS) is 15.5. The third-order valence-corrected chi connectivity index (χ3v) is 14.1. The molecule has 1 aliphatic rings. The molecule has 0 radical (unpaired) electrons. The molecule has 1 N–H and O–H groups in total. The van der Waals surface area contributed by atoms with Gasteiger partial charge in [-0.1, -0.05) is 47.5 Å². The largest absolute Gasteiger partial charge is 0.496 e. The van der Waals surface area contributed by atoms with E-state index in [1.165, 1.54) is 22.5 Å². The monoisotopic (exact) mass is 962 g/mol. The van der Waals surface area contributed by atoms with Gasteiger partial charge in [-0.2, -0.15) is 4.31 Å². The third kappa shape index (κ3) is 14.7. The van der Waals surface area contributed by atoms with Gasteiger partial charge in [0, 0.05) is 42.9 Å². The summed E-state index contributed by atoms with van der Waals surface area (Å²) in [5.74, 6) is 1.34. The van der Waals surface area contributed by atoms with E-state index in [4.69, 9.17) is 51.6 Å². The van der Waals surface area contributed by atoms with Crippen LogP contribution in [0.25, 0.3) is 11.1 Å². The molecule has 0 spiro atoms. The van der Waals surface area contributed by atoms with Crippen LogP contribution in [-0.2, 0) is 42.0 Å². The Bertz CT molecular complexity index is 1860. The minimum absolute atomic E-state index is 0.0574. The van der Waals surface area contributed by atoms with E-state index in [9.17, 15) is 13.2 Å². The summed E-state index contributed by atoms with van der Waals surface area (Å²) >= 11 is 11.1. The van der Waals surface area contributed by atoms with Crippen molar-refractivity contribution in [1.29, 1.82) is 0 Å². The fourth-order valence-corrected chi connectivity index (χ4v) is 10.8. The van der Waals surface area contributed by atoms with Crippen LogP contribution in [0.5, 0.6) is 11.5 Å². The lowest BCUT2D eigenvalue weighted by Gasteiger charge is -2.29. The molecular weight excluding hydrogens is 906 g/mol. The maximum Gasteiger partial charge on any atom is 0.274 e. The van der Waals surface area contributed by atoms with Crippen molar-refractivity contribution < 1.29 is 41.6 Å². The second-order valence-electron chi connectivity index (χ2n) is 15.0. The van der Waals surface area contributed by atoms with Gasteiger partial charge in [0.1, 0.15) is 11.5 Å². The average molecular weight is 964 g/mol. The third-order valence-electron chi connectivity index (χ3n) is 9.58. The van der Waals surface area contributed by atoms with Crippen molar-refractivity contribution >= 4 is 61.9 Å². The Hall–Kier alpha value is -2.34. The highest BCUT2D eigenvalue weighted by Gasteiger charge is 2.34. The number of rotatable bonds is 23. The Morgan fingerprint density at radius 2 is 1.47 bits per heavy atom. The van der Waals surface area contributed by atoms with Crippen LogP contribution in [0, 0.1) is 0 Å². The first-order valence-electron chi connectivity index (χ1n) is 19.0. The molecule has 1 amide bonds. The fourth-order valence-electron chi connectivity index (χ4n) is 6.28. The van der Waals surface area contributed by atoms with Crippen molar-refractivity contribution in [3.8, 4) is 22.6 Å². The van der Waals surface area contributed by atoms with Gasteiger partial charge < -0.3 is 33.7 Å². The molecule has 11 nitrogen and oxygen atoms in total. The summed E-state index contributed by atoms with van der Waals surface area (Å²) in [6, 6.07) is 16.0. The van der Waals surface area contributed by atoms with Gasteiger partial charge in [0.05, 0.1) is 62.3 Å². The molecule has 0 saturated carbocycles. The molecule has 1 aliphatic heterocycles. The van der Waals surface area contributed by atoms with Crippen molar-refractivity contribution in [2.75, 3.05) is 60.8 Å². The van der Waals surface area contributed by atoms with E-state index in [0.717, 1.165) is 35.1 Å². The summed E-state index contributed by atoms with van der Waals surface area (Å²) < 4.78 is 64.9. The second kappa shape index (κ2) is 22.3. The fraction of sp³-hybridized carbons (Fsp3) is 0.524. The van der Waals surface area contributed by atoms with Crippen LogP contribution in [0.2, 0.25) is 10.0 Å². The van der Waals surface area contributed by atoms with Crippen LogP contribution < -0.4 is 14.8 Å². The first-order valence-corrected chi connectivity index (χ1v) is 23.5. The highest BCUT2D eigenvalue weighted by Crippen LogP contribution is 2.40.